The van der Waals surface area contributed by atoms with Crippen molar-refractivity contribution in [2.24, 2.45) is 29.0 Å². The Bertz CT molecular complexity index is 979. The molecule has 0 amide bonds. The first kappa shape index (κ1) is 37.8. The molecule has 1 unspecified atom stereocenters. The van der Waals surface area contributed by atoms with Crippen molar-refractivity contribution in [2.75, 3.05) is 33.3 Å². The highest BCUT2D eigenvalue weighted by Crippen LogP contribution is 2.36. The van der Waals surface area contributed by atoms with Gasteiger partial charge in [-0.2, -0.15) is 0 Å². The standard InChI is InChI=1S/C29H55N5O12/c1-29(42)11-43-27(23(41)26(29)33-2)45-24-13(8-17(36)16(35)3-4-30)7-15(32)25(22(24)40)46-28-21(39)20(38)19(37)18(44-28)10-34-9-12-5-14(31)6-12/h12-16,18-28,33-35,37-42H,3-11,30-32H2,1-2H3/t12?,13-,14?,15-,16-,18+,19+,20-,21+,22+,23+,24-,25?,26+,27+,28+,29-/m0/s1. The number of likely N-dealkylation sites (N-methyl/N-ethyl adjacent to an activating group) is 1. The quantitative estimate of drug-likeness (QED) is 0.0823. The molecule has 2 aliphatic heterocycles. The number of hydrogen-bond donors (Lipinski definition) is 12. The Kier molecular flexibility index (Phi) is 13.3. The number of carbonyl (C=O) groups is 1. The molecule has 2 aliphatic carbocycles. The predicted molar refractivity (Wildman–Crippen MR) is 161 cm³/mol. The molecule has 0 bridgehead atoms. The molecule has 15 atom stereocenters. The highest BCUT2D eigenvalue weighted by molar-refractivity contribution is 5.83. The van der Waals surface area contributed by atoms with E-state index in [0.717, 1.165) is 12.8 Å². The third-order valence-electron chi connectivity index (χ3n) is 9.85. The largest absolute Gasteiger partial charge is 0.388 e. The second kappa shape index (κ2) is 16.2. The Morgan fingerprint density at radius 3 is 2.26 bits per heavy atom. The number of hydrogen-bond acceptors (Lipinski definition) is 17. The van der Waals surface area contributed by atoms with Gasteiger partial charge in [-0.1, -0.05) is 0 Å². The SMILES string of the molecule is CN[C@@H]1[C@@H](O)[C@@H](O[C@H]2[C@H](CC(=O)[C@@H](O)CCN)C[C@H](N)C(O[C@H]3O[C@H](CNCC4CC(N)C4)[C@@H](O)[C@H](O)[C@H]3O)[C@@H]2O)OC[C@]1(C)O. The maximum atomic E-state index is 12.9. The van der Waals surface area contributed by atoms with E-state index in [1.54, 1.807) is 7.05 Å². The predicted octanol–water partition coefficient (Wildman–Crippen LogP) is -5.68. The summed E-state index contributed by atoms with van der Waals surface area (Å²) in [7, 11) is 1.55. The fourth-order valence-electron chi connectivity index (χ4n) is 7.08. The third-order valence-corrected chi connectivity index (χ3v) is 9.85. The summed E-state index contributed by atoms with van der Waals surface area (Å²) in [4.78, 5) is 12.9. The molecule has 0 radical (unpaired) electrons. The minimum absolute atomic E-state index is 0.0378. The molecule has 4 aliphatic rings. The van der Waals surface area contributed by atoms with E-state index in [1.165, 1.54) is 6.92 Å². The van der Waals surface area contributed by atoms with Crippen molar-refractivity contribution in [3.05, 3.63) is 0 Å². The van der Waals surface area contributed by atoms with Gasteiger partial charge in [-0.15, -0.1) is 0 Å². The van der Waals surface area contributed by atoms with E-state index in [1.807, 2.05) is 0 Å². The van der Waals surface area contributed by atoms with E-state index < -0.39 is 96.9 Å². The average Bonchev–Trinajstić information content (AvgIpc) is 2.98. The van der Waals surface area contributed by atoms with Crippen molar-refractivity contribution in [3.8, 4) is 0 Å². The van der Waals surface area contributed by atoms with Gasteiger partial charge in [0.1, 0.15) is 54.4 Å². The molecule has 17 nitrogen and oxygen atoms in total. The van der Waals surface area contributed by atoms with Crippen LogP contribution in [-0.4, -0.2) is 166 Å². The van der Waals surface area contributed by atoms with Crippen molar-refractivity contribution in [2.45, 2.75) is 130 Å². The normalized spacial score (nSPS) is 47.3. The second-order valence-corrected chi connectivity index (χ2v) is 13.7. The number of ketones is 1. The topological polar surface area (TPSA) is 298 Å². The molecule has 2 saturated heterocycles. The van der Waals surface area contributed by atoms with Crippen molar-refractivity contribution in [3.63, 3.8) is 0 Å². The van der Waals surface area contributed by atoms with E-state index in [0.29, 0.717) is 12.5 Å². The lowest BCUT2D eigenvalue weighted by atomic mass is 9.76. The molecule has 4 fully saturated rings. The summed E-state index contributed by atoms with van der Waals surface area (Å²) in [6.45, 7) is 2.13. The van der Waals surface area contributed by atoms with Crippen LogP contribution in [0.3, 0.4) is 0 Å². The first-order valence-electron chi connectivity index (χ1n) is 16.2. The highest BCUT2D eigenvalue weighted by Gasteiger charge is 2.53. The van der Waals surface area contributed by atoms with E-state index in [-0.39, 0.29) is 45.0 Å². The van der Waals surface area contributed by atoms with Gasteiger partial charge in [0.2, 0.25) is 0 Å². The van der Waals surface area contributed by atoms with E-state index >= 15 is 0 Å². The summed E-state index contributed by atoms with van der Waals surface area (Å²) in [6.07, 6.45) is -13.7. The molecular formula is C29H55N5O12. The van der Waals surface area contributed by atoms with Gasteiger partial charge in [-0.3, -0.25) is 4.79 Å². The number of Topliss-reactive ketones (excluding diaryl/α,β-unsaturated/α-hetero) is 1. The number of carbonyl (C=O) groups excluding carboxylic acids is 1. The number of aliphatic hydroxyl groups is 7. The molecule has 46 heavy (non-hydrogen) atoms. The van der Waals surface area contributed by atoms with Crippen LogP contribution < -0.4 is 27.8 Å². The van der Waals surface area contributed by atoms with Crippen LogP contribution in [0.5, 0.6) is 0 Å². The molecule has 0 spiro atoms. The third kappa shape index (κ3) is 8.60. The number of nitrogens with one attached hydrogen (secondary N) is 2. The number of aliphatic hydroxyl groups excluding tert-OH is 6. The van der Waals surface area contributed by atoms with Crippen LogP contribution in [0.1, 0.15) is 39.0 Å². The van der Waals surface area contributed by atoms with Crippen LogP contribution in [0.15, 0.2) is 0 Å². The summed E-state index contributed by atoms with van der Waals surface area (Å²) in [5.41, 5.74) is 16.4. The van der Waals surface area contributed by atoms with Crippen molar-refractivity contribution in [1.29, 1.82) is 0 Å². The molecule has 0 aromatic carbocycles. The van der Waals surface area contributed by atoms with E-state index in [2.05, 4.69) is 10.6 Å². The van der Waals surface area contributed by atoms with Gasteiger partial charge in [0, 0.05) is 25.0 Å². The monoisotopic (exact) mass is 665 g/mol. The zero-order valence-corrected chi connectivity index (χ0v) is 26.5. The van der Waals surface area contributed by atoms with E-state index in [9.17, 15) is 40.5 Å². The van der Waals surface area contributed by atoms with Crippen molar-refractivity contribution in [1.82, 2.24) is 10.6 Å². The Balaban J connectivity index is 1.49. The first-order chi connectivity index (χ1) is 21.7. The van der Waals surface area contributed by atoms with Crippen molar-refractivity contribution >= 4 is 5.78 Å². The van der Waals surface area contributed by atoms with Gasteiger partial charge in [0.05, 0.1) is 18.8 Å². The maximum absolute atomic E-state index is 12.9. The zero-order chi connectivity index (χ0) is 33.9. The summed E-state index contributed by atoms with van der Waals surface area (Å²) in [6, 6.07) is -1.61. The Labute approximate surface area is 268 Å². The van der Waals surface area contributed by atoms with Gasteiger partial charge >= 0.3 is 0 Å². The minimum atomic E-state index is -1.69. The summed E-state index contributed by atoms with van der Waals surface area (Å²) >= 11 is 0. The molecule has 0 aromatic rings. The van der Waals surface area contributed by atoms with Crippen LogP contribution in [-0.2, 0) is 23.7 Å². The molecule has 15 N–H and O–H groups in total. The fourth-order valence-corrected chi connectivity index (χ4v) is 7.08. The Morgan fingerprint density at radius 1 is 0.957 bits per heavy atom. The number of ether oxygens (including phenoxy) is 4. The Hall–Kier alpha value is -0.970. The molecule has 0 aromatic heterocycles. The lowest BCUT2D eigenvalue weighted by Gasteiger charge is -2.49. The van der Waals surface area contributed by atoms with Crippen molar-refractivity contribution < 1.29 is 59.5 Å². The molecule has 2 heterocycles. The van der Waals surface area contributed by atoms with Crippen LogP contribution in [0.25, 0.3) is 0 Å². The lowest BCUT2D eigenvalue weighted by molar-refractivity contribution is -0.333. The number of rotatable bonds is 14. The minimum Gasteiger partial charge on any atom is -0.388 e. The van der Waals surface area contributed by atoms with Gasteiger partial charge in [-0.05, 0) is 64.6 Å². The second-order valence-electron chi connectivity index (χ2n) is 13.7. The zero-order valence-electron chi connectivity index (χ0n) is 26.5. The summed E-state index contributed by atoms with van der Waals surface area (Å²) < 4.78 is 23.6. The van der Waals surface area contributed by atoms with Gasteiger partial charge < -0.3 is 82.5 Å². The van der Waals surface area contributed by atoms with E-state index in [4.69, 9.17) is 36.1 Å². The average molecular weight is 666 g/mol. The molecule has 268 valence electrons. The fraction of sp³-hybridized carbons (Fsp3) is 0.966. The molecule has 17 heteroatoms. The highest BCUT2D eigenvalue weighted by atomic mass is 16.7. The molecular weight excluding hydrogens is 610 g/mol. The van der Waals surface area contributed by atoms with Gasteiger partial charge in [0.25, 0.3) is 0 Å². The first-order valence-corrected chi connectivity index (χ1v) is 16.2. The summed E-state index contributed by atoms with van der Waals surface area (Å²) in [5, 5.41) is 81.5. The molecule has 2 saturated carbocycles. The maximum Gasteiger partial charge on any atom is 0.187 e. The van der Waals surface area contributed by atoms with Crippen LogP contribution in [0.4, 0.5) is 0 Å². The van der Waals surface area contributed by atoms with Gasteiger partial charge in [0.15, 0.2) is 18.4 Å². The smallest absolute Gasteiger partial charge is 0.187 e. The number of nitrogens with two attached hydrogens (primary N) is 3. The Morgan fingerprint density at radius 2 is 1.63 bits per heavy atom. The van der Waals surface area contributed by atoms with Crippen LogP contribution in [0, 0.1) is 11.8 Å². The lowest BCUT2D eigenvalue weighted by Crippen LogP contribution is -2.67. The molecule has 4 rings (SSSR count). The summed E-state index contributed by atoms with van der Waals surface area (Å²) in [5.74, 6) is -0.911. The van der Waals surface area contributed by atoms with Crippen LogP contribution in [0.2, 0.25) is 0 Å². The van der Waals surface area contributed by atoms with Gasteiger partial charge in [-0.25, -0.2) is 0 Å². The van der Waals surface area contributed by atoms with Crippen LogP contribution >= 0.6 is 0 Å².